The minimum Gasteiger partial charge on any atom is -0.369 e. The first-order chi connectivity index (χ1) is 11.1. The molecule has 3 rings (SSSR count). The molecule has 1 aromatic rings. The van der Waals surface area contributed by atoms with Crippen molar-refractivity contribution in [1.29, 1.82) is 0 Å². The van der Waals surface area contributed by atoms with Crippen molar-refractivity contribution in [2.45, 2.75) is 31.7 Å². The predicted octanol–water partition coefficient (Wildman–Crippen LogP) is 0.942. The van der Waals surface area contributed by atoms with Gasteiger partial charge in [0, 0.05) is 24.9 Å². The monoisotopic (exact) mass is 316 g/mol. The lowest BCUT2D eigenvalue weighted by Gasteiger charge is -2.32. The molecule has 1 aromatic heterocycles. The molecule has 2 N–H and O–H groups in total. The molecule has 3 heterocycles. The molecule has 2 aliphatic heterocycles. The van der Waals surface area contributed by atoms with Crippen LogP contribution in [0.3, 0.4) is 0 Å². The summed E-state index contributed by atoms with van der Waals surface area (Å²) in [4.78, 5) is 32.2. The molecule has 0 unspecified atom stereocenters. The second kappa shape index (κ2) is 7.08. The summed E-state index contributed by atoms with van der Waals surface area (Å²) in [5.41, 5.74) is 6.47. The maximum Gasteiger partial charge on any atom is 0.237 e. The lowest BCUT2D eigenvalue weighted by Crippen LogP contribution is -2.44. The first-order valence-corrected chi connectivity index (χ1v) is 8.36. The number of carbonyl (C=O) groups excluding carboxylic acids is 2. The molecule has 0 radical (unpaired) electrons. The molecule has 2 fully saturated rings. The van der Waals surface area contributed by atoms with Gasteiger partial charge in [-0.05, 0) is 50.4 Å². The lowest BCUT2D eigenvalue weighted by molar-refractivity contribution is -0.133. The molecule has 0 aliphatic carbocycles. The normalized spacial score (nSPS) is 23.1. The number of nitrogens with zero attached hydrogens (tertiary/aromatic N) is 3. The Kier molecular flexibility index (Phi) is 4.91. The number of nitrogens with two attached hydrogens (primary N) is 1. The van der Waals surface area contributed by atoms with Gasteiger partial charge in [-0.15, -0.1) is 0 Å². The van der Waals surface area contributed by atoms with Gasteiger partial charge in [-0.1, -0.05) is 6.07 Å². The van der Waals surface area contributed by atoms with E-state index in [0.717, 1.165) is 50.9 Å². The van der Waals surface area contributed by atoms with Crippen LogP contribution < -0.4 is 5.73 Å². The highest BCUT2D eigenvalue weighted by Gasteiger charge is 2.32. The van der Waals surface area contributed by atoms with E-state index in [9.17, 15) is 9.59 Å². The van der Waals surface area contributed by atoms with E-state index in [0.29, 0.717) is 6.54 Å². The first kappa shape index (κ1) is 15.9. The number of amides is 2. The lowest BCUT2D eigenvalue weighted by atomic mass is 9.96. The predicted molar refractivity (Wildman–Crippen MR) is 86.3 cm³/mol. The third-order valence-electron chi connectivity index (χ3n) is 4.99. The summed E-state index contributed by atoms with van der Waals surface area (Å²) in [6.07, 6.45) is 7.17. The Morgan fingerprint density at radius 1 is 1.22 bits per heavy atom. The van der Waals surface area contributed by atoms with Crippen LogP contribution in [0.5, 0.6) is 0 Å². The topological polar surface area (TPSA) is 79.5 Å². The van der Waals surface area contributed by atoms with Crippen molar-refractivity contribution in [3.8, 4) is 0 Å². The van der Waals surface area contributed by atoms with Gasteiger partial charge in [0.1, 0.15) is 0 Å². The quantitative estimate of drug-likeness (QED) is 0.896. The Hall–Kier alpha value is -1.95. The van der Waals surface area contributed by atoms with Crippen molar-refractivity contribution in [2.75, 3.05) is 26.2 Å². The van der Waals surface area contributed by atoms with Crippen LogP contribution in [-0.2, 0) is 9.59 Å². The van der Waals surface area contributed by atoms with Crippen LogP contribution in [-0.4, -0.2) is 52.8 Å². The molecule has 23 heavy (non-hydrogen) atoms. The number of carbonyl (C=O) groups is 2. The zero-order chi connectivity index (χ0) is 16.2. The maximum absolute atomic E-state index is 12.7. The Labute approximate surface area is 136 Å². The Bertz CT molecular complexity index is 555. The minimum absolute atomic E-state index is 0.0312. The average molecular weight is 316 g/mol. The van der Waals surface area contributed by atoms with Crippen LogP contribution in [0.4, 0.5) is 0 Å². The highest BCUT2D eigenvalue weighted by molar-refractivity contribution is 5.79. The molecule has 0 spiro atoms. The highest BCUT2D eigenvalue weighted by atomic mass is 16.2. The largest absolute Gasteiger partial charge is 0.369 e. The van der Waals surface area contributed by atoms with Gasteiger partial charge in [-0.2, -0.15) is 0 Å². The van der Waals surface area contributed by atoms with Gasteiger partial charge >= 0.3 is 0 Å². The van der Waals surface area contributed by atoms with Gasteiger partial charge in [-0.3, -0.25) is 19.5 Å². The van der Waals surface area contributed by atoms with E-state index in [4.69, 9.17) is 5.73 Å². The third kappa shape index (κ3) is 3.69. The molecular formula is C17H24N4O2. The summed E-state index contributed by atoms with van der Waals surface area (Å²) in [5.74, 6) is -0.0719. The molecular weight excluding hydrogens is 292 g/mol. The number of aromatic nitrogens is 1. The molecule has 2 saturated heterocycles. The second-order valence-corrected chi connectivity index (χ2v) is 6.48. The van der Waals surface area contributed by atoms with Crippen LogP contribution >= 0.6 is 0 Å². The number of pyridine rings is 1. The standard InChI is InChI=1S/C17H24N4O2/c18-17(23)13-5-9-20(10-6-13)12-16(22)21-8-2-4-15(21)14-3-1-7-19-11-14/h1,3,7,11,13,15H,2,4-6,8-10,12H2,(H2,18,23)/t15-/m1/s1. The molecule has 0 saturated carbocycles. The minimum atomic E-state index is -0.216. The number of primary amides is 1. The van der Waals surface area contributed by atoms with Gasteiger partial charge in [0.25, 0.3) is 0 Å². The molecule has 124 valence electrons. The molecule has 6 heteroatoms. The molecule has 2 aliphatic rings. The summed E-state index contributed by atoms with van der Waals surface area (Å²) in [6.45, 7) is 2.79. The number of hydrogen-bond acceptors (Lipinski definition) is 4. The highest BCUT2D eigenvalue weighted by Crippen LogP contribution is 2.31. The second-order valence-electron chi connectivity index (χ2n) is 6.48. The molecule has 0 bridgehead atoms. The number of likely N-dealkylation sites (tertiary alicyclic amines) is 2. The van der Waals surface area contributed by atoms with E-state index in [2.05, 4.69) is 9.88 Å². The Morgan fingerprint density at radius 3 is 2.65 bits per heavy atom. The van der Waals surface area contributed by atoms with Crippen LogP contribution in [0.1, 0.15) is 37.3 Å². The van der Waals surface area contributed by atoms with Gasteiger partial charge in [0.2, 0.25) is 11.8 Å². The Balaban J connectivity index is 1.57. The molecule has 2 amide bonds. The molecule has 1 atom stereocenters. The SMILES string of the molecule is NC(=O)C1CCN(CC(=O)N2CCC[C@@H]2c2cccnc2)CC1. The van der Waals surface area contributed by atoms with E-state index in [-0.39, 0.29) is 23.8 Å². The maximum atomic E-state index is 12.7. The fourth-order valence-electron chi connectivity index (χ4n) is 3.64. The summed E-state index contributed by atoms with van der Waals surface area (Å²) in [6, 6.07) is 4.12. The van der Waals surface area contributed by atoms with Gasteiger partial charge < -0.3 is 10.6 Å². The van der Waals surface area contributed by atoms with Crippen molar-refractivity contribution in [2.24, 2.45) is 11.7 Å². The number of rotatable bonds is 4. The molecule has 0 aromatic carbocycles. The summed E-state index contributed by atoms with van der Waals surface area (Å²) in [5, 5.41) is 0. The van der Waals surface area contributed by atoms with Crippen molar-refractivity contribution in [1.82, 2.24) is 14.8 Å². The number of hydrogen-bond donors (Lipinski definition) is 1. The van der Waals surface area contributed by atoms with Gasteiger partial charge in [-0.25, -0.2) is 0 Å². The van der Waals surface area contributed by atoms with Crippen molar-refractivity contribution in [3.05, 3.63) is 30.1 Å². The smallest absolute Gasteiger partial charge is 0.237 e. The van der Waals surface area contributed by atoms with E-state index < -0.39 is 0 Å². The van der Waals surface area contributed by atoms with Crippen molar-refractivity contribution >= 4 is 11.8 Å². The van der Waals surface area contributed by atoms with Crippen LogP contribution in [0.2, 0.25) is 0 Å². The third-order valence-corrected chi connectivity index (χ3v) is 4.99. The van der Waals surface area contributed by atoms with Crippen LogP contribution in [0, 0.1) is 5.92 Å². The summed E-state index contributed by atoms with van der Waals surface area (Å²) >= 11 is 0. The van der Waals surface area contributed by atoms with Gasteiger partial charge in [0.05, 0.1) is 12.6 Å². The van der Waals surface area contributed by atoms with Crippen molar-refractivity contribution < 1.29 is 9.59 Å². The van der Waals surface area contributed by atoms with E-state index in [1.165, 1.54) is 0 Å². The van der Waals surface area contributed by atoms with Gasteiger partial charge in [0.15, 0.2) is 0 Å². The van der Waals surface area contributed by atoms with Crippen LogP contribution in [0.25, 0.3) is 0 Å². The summed E-state index contributed by atoms with van der Waals surface area (Å²) in [7, 11) is 0. The van der Waals surface area contributed by atoms with Crippen molar-refractivity contribution in [3.63, 3.8) is 0 Å². The van der Waals surface area contributed by atoms with E-state index >= 15 is 0 Å². The molecule has 6 nitrogen and oxygen atoms in total. The zero-order valence-corrected chi connectivity index (χ0v) is 13.4. The zero-order valence-electron chi connectivity index (χ0n) is 13.4. The first-order valence-electron chi connectivity index (χ1n) is 8.36. The Morgan fingerprint density at radius 2 is 2.00 bits per heavy atom. The fourth-order valence-corrected chi connectivity index (χ4v) is 3.64. The fraction of sp³-hybridized carbons (Fsp3) is 0.588. The van der Waals surface area contributed by atoms with E-state index in [1.54, 1.807) is 6.20 Å². The van der Waals surface area contributed by atoms with Crippen LogP contribution in [0.15, 0.2) is 24.5 Å². The summed E-state index contributed by atoms with van der Waals surface area (Å²) < 4.78 is 0. The number of piperidine rings is 1. The van der Waals surface area contributed by atoms with E-state index in [1.807, 2.05) is 23.2 Å². The average Bonchev–Trinajstić information content (AvgIpc) is 3.06.